The highest BCUT2D eigenvalue weighted by Gasteiger charge is 2.07. The largest absolute Gasteiger partial charge is 0.377 e. The first-order chi connectivity index (χ1) is 8.61. The fraction of sp³-hybridized carbons (Fsp3) is 0.250. The Balaban J connectivity index is 2.18. The average Bonchev–Trinajstić information content (AvgIpc) is 2.68. The number of anilines is 1. The molecule has 0 fully saturated rings. The lowest BCUT2D eigenvalue weighted by atomic mass is 10.2. The molecule has 6 heteroatoms. The van der Waals surface area contributed by atoms with Gasteiger partial charge in [-0.1, -0.05) is 11.6 Å². The molecule has 1 aromatic carbocycles. The molecule has 0 amide bonds. The summed E-state index contributed by atoms with van der Waals surface area (Å²) in [5.41, 5.74) is 1.25. The van der Waals surface area contributed by atoms with Crippen LogP contribution in [0.4, 0.5) is 5.69 Å². The molecule has 1 heterocycles. The van der Waals surface area contributed by atoms with E-state index in [1.807, 2.05) is 18.5 Å². The third kappa shape index (κ3) is 2.44. The van der Waals surface area contributed by atoms with Crippen molar-refractivity contribution >= 4 is 17.3 Å². The number of hydrogen-bond donors (Lipinski definition) is 1. The normalized spacial score (nSPS) is 10.1. The zero-order valence-electron chi connectivity index (χ0n) is 10.1. The summed E-state index contributed by atoms with van der Waals surface area (Å²) in [4.78, 5) is 0. The van der Waals surface area contributed by atoms with Crippen molar-refractivity contribution in [2.45, 2.75) is 13.5 Å². The van der Waals surface area contributed by atoms with Gasteiger partial charge in [-0.05, 0) is 25.1 Å². The lowest BCUT2D eigenvalue weighted by Crippen LogP contribution is -2.07. The molecule has 0 aliphatic carbocycles. The van der Waals surface area contributed by atoms with Gasteiger partial charge in [0.2, 0.25) is 0 Å². The van der Waals surface area contributed by atoms with E-state index in [1.54, 1.807) is 18.2 Å². The van der Waals surface area contributed by atoms with E-state index in [-0.39, 0.29) is 0 Å². The summed E-state index contributed by atoms with van der Waals surface area (Å²) in [7, 11) is 1.90. The van der Waals surface area contributed by atoms with E-state index in [9.17, 15) is 0 Å². The molecule has 2 aromatic rings. The molecule has 0 spiro atoms. The highest BCUT2D eigenvalue weighted by Crippen LogP contribution is 2.20. The summed E-state index contributed by atoms with van der Waals surface area (Å²) in [5, 5.41) is 20.7. The summed E-state index contributed by atoms with van der Waals surface area (Å²) in [6.45, 7) is 2.38. The summed E-state index contributed by atoms with van der Waals surface area (Å²) in [6.07, 6.45) is 0. The van der Waals surface area contributed by atoms with Gasteiger partial charge in [0.1, 0.15) is 11.9 Å². The molecule has 0 aliphatic heterocycles. The van der Waals surface area contributed by atoms with Gasteiger partial charge < -0.3 is 9.88 Å². The van der Waals surface area contributed by atoms with Crippen molar-refractivity contribution in [2.75, 3.05) is 5.32 Å². The number of nitriles is 1. The molecule has 0 aliphatic rings. The molecule has 0 unspecified atom stereocenters. The Morgan fingerprint density at radius 3 is 2.83 bits per heavy atom. The maximum Gasteiger partial charge on any atom is 0.152 e. The van der Waals surface area contributed by atoms with Gasteiger partial charge in [0.25, 0.3) is 0 Å². The van der Waals surface area contributed by atoms with E-state index in [2.05, 4.69) is 21.6 Å². The van der Waals surface area contributed by atoms with E-state index >= 15 is 0 Å². The third-order valence-corrected chi connectivity index (χ3v) is 2.96. The maximum atomic E-state index is 9.00. The third-order valence-electron chi connectivity index (χ3n) is 2.72. The van der Waals surface area contributed by atoms with Crippen LogP contribution in [0.2, 0.25) is 5.02 Å². The predicted molar refractivity (Wildman–Crippen MR) is 69.2 cm³/mol. The van der Waals surface area contributed by atoms with Gasteiger partial charge in [-0.2, -0.15) is 5.26 Å². The molecule has 0 saturated carbocycles. The lowest BCUT2D eigenvalue weighted by Gasteiger charge is -2.08. The van der Waals surface area contributed by atoms with Gasteiger partial charge in [0.15, 0.2) is 5.82 Å². The Labute approximate surface area is 110 Å². The standard InChI is InChI=1S/C12H12ClN5/c1-8-16-17-12(18(8)2)7-15-11-5-10(13)4-3-9(11)6-14/h3-5,15H,7H2,1-2H3. The van der Waals surface area contributed by atoms with E-state index in [0.717, 1.165) is 11.6 Å². The first-order valence-corrected chi connectivity index (χ1v) is 5.78. The number of aryl methyl sites for hydroxylation is 1. The van der Waals surface area contributed by atoms with Crippen molar-refractivity contribution in [1.82, 2.24) is 14.8 Å². The van der Waals surface area contributed by atoms with E-state index < -0.39 is 0 Å². The quantitative estimate of drug-likeness (QED) is 0.920. The van der Waals surface area contributed by atoms with Gasteiger partial charge in [0.05, 0.1) is 17.8 Å². The Kier molecular flexibility index (Phi) is 3.49. The molecule has 0 atom stereocenters. The topological polar surface area (TPSA) is 66.5 Å². The van der Waals surface area contributed by atoms with Crippen LogP contribution in [0.25, 0.3) is 0 Å². The molecule has 0 radical (unpaired) electrons. The zero-order chi connectivity index (χ0) is 13.1. The van der Waals surface area contributed by atoms with Crippen LogP contribution < -0.4 is 5.32 Å². The molecule has 0 bridgehead atoms. The van der Waals surface area contributed by atoms with Crippen molar-refractivity contribution in [2.24, 2.45) is 7.05 Å². The van der Waals surface area contributed by atoms with Crippen LogP contribution in [0.1, 0.15) is 17.2 Å². The van der Waals surface area contributed by atoms with Crippen molar-refractivity contribution in [3.05, 3.63) is 40.4 Å². The molecule has 0 saturated heterocycles. The number of nitrogens with zero attached hydrogens (tertiary/aromatic N) is 4. The highest BCUT2D eigenvalue weighted by molar-refractivity contribution is 6.30. The van der Waals surface area contributed by atoms with Crippen molar-refractivity contribution < 1.29 is 0 Å². The fourth-order valence-electron chi connectivity index (χ4n) is 1.54. The zero-order valence-corrected chi connectivity index (χ0v) is 10.9. The minimum absolute atomic E-state index is 0.492. The van der Waals surface area contributed by atoms with E-state index in [0.29, 0.717) is 22.8 Å². The number of halogens is 1. The molecule has 1 N–H and O–H groups in total. The first kappa shape index (κ1) is 12.4. The second-order valence-electron chi connectivity index (χ2n) is 3.88. The SMILES string of the molecule is Cc1nnc(CNc2cc(Cl)ccc2C#N)n1C. The van der Waals surface area contributed by atoms with Crippen LogP contribution in [-0.2, 0) is 13.6 Å². The minimum Gasteiger partial charge on any atom is -0.377 e. The van der Waals surface area contributed by atoms with Crippen molar-refractivity contribution in [3.8, 4) is 6.07 Å². The van der Waals surface area contributed by atoms with Crippen LogP contribution in [0.5, 0.6) is 0 Å². The molecule has 92 valence electrons. The average molecular weight is 262 g/mol. The molecule has 1 aromatic heterocycles. The smallest absolute Gasteiger partial charge is 0.152 e. The second kappa shape index (κ2) is 5.07. The summed E-state index contributed by atoms with van der Waals surface area (Å²) < 4.78 is 1.89. The second-order valence-corrected chi connectivity index (χ2v) is 4.31. The number of hydrogen-bond acceptors (Lipinski definition) is 4. The van der Waals surface area contributed by atoms with Gasteiger partial charge >= 0.3 is 0 Å². The Bertz CT molecular complexity index is 611. The minimum atomic E-state index is 0.492. The molecular weight excluding hydrogens is 250 g/mol. The molecule has 5 nitrogen and oxygen atoms in total. The van der Waals surface area contributed by atoms with Crippen molar-refractivity contribution in [1.29, 1.82) is 5.26 Å². The first-order valence-electron chi connectivity index (χ1n) is 5.40. The van der Waals surface area contributed by atoms with Crippen molar-refractivity contribution in [3.63, 3.8) is 0 Å². The summed E-state index contributed by atoms with van der Waals surface area (Å²) in [5.74, 6) is 1.65. The number of benzene rings is 1. The van der Waals surface area contributed by atoms with Crippen LogP contribution in [0.15, 0.2) is 18.2 Å². The van der Waals surface area contributed by atoms with Gasteiger partial charge in [-0.3, -0.25) is 0 Å². The number of nitrogens with one attached hydrogen (secondary N) is 1. The number of rotatable bonds is 3. The number of aromatic nitrogens is 3. The maximum absolute atomic E-state index is 9.00. The van der Waals surface area contributed by atoms with Crippen LogP contribution in [0.3, 0.4) is 0 Å². The summed E-state index contributed by atoms with van der Waals surface area (Å²) in [6, 6.07) is 7.22. The highest BCUT2D eigenvalue weighted by atomic mass is 35.5. The lowest BCUT2D eigenvalue weighted by molar-refractivity contribution is 0.789. The van der Waals surface area contributed by atoms with Gasteiger partial charge in [-0.15, -0.1) is 10.2 Å². The van der Waals surface area contributed by atoms with Crippen LogP contribution in [0, 0.1) is 18.3 Å². The molecule has 18 heavy (non-hydrogen) atoms. The van der Waals surface area contributed by atoms with Crippen LogP contribution in [-0.4, -0.2) is 14.8 Å². The fourth-order valence-corrected chi connectivity index (χ4v) is 1.71. The van der Waals surface area contributed by atoms with Gasteiger partial charge in [-0.25, -0.2) is 0 Å². The van der Waals surface area contributed by atoms with Gasteiger partial charge in [0, 0.05) is 12.1 Å². The van der Waals surface area contributed by atoms with Crippen LogP contribution >= 0.6 is 11.6 Å². The van der Waals surface area contributed by atoms with E-state index in [1.165, 1.54) is 0 Å². The monoisotopic (exact) mass is 261 g/mol. The predicted octanol–water partition coefficient (Wildman–Crippen LogP) is 2.26. The van der Waals surface area contributed by atoms with E-state index in [4.69, 9.17) is 16.9 Å². The molecular formula is C12H12ClN5. The Morgan fingerprint density at radius 1 is 1.44 bits per heavy atom. The Morgan fingerprint density at radius 2 is 2.22 bits per heavy atom. The molecule has 2 rings (SSSR count). The Hall–Kier alpha value is -2.06. The summed E-state index contributed by atoms with van der Waals surface area (Å²) >= 11 is 5.91.